The highest BCUT2D eigenvalue weighted by molar-refractivity contribution is 5.99. The largest absolute Gasteiger partial charge is 0.342 e. The van der Waals surface area contributed by atoms with Gasteiger partial charge in [-0.25, -0.2) is 0 Å². The van der Waals surface area contributed by atoms with Gasteiger partial charge in [0.25, 0.3) is 0 Å². The highest BCUT2D eigenvalue weighted by Crippen LogP contribution is 2.32. The van der Waals surface area contributed by atoms with E-state index < -0.39 is 0 Å². The molecule has 3 N–H and O–H groups in total. The van der Waals surface area contributed by atoms with Crippen molar-refractivity contribution in [1.29, 1.82) is 0 Å². The maximum atomic E-state index is 12.7. The van der Waals surface area contributed by atoms with Crippen molar-refractivity contribution in [3.8, 4) is 0 Å². The van der Waals surface area contributed by atoms with Gasteiger partial charge in [0.05, 0.1) is 6.42 Å². The second-order valence-electron chi connectivity index (χ2n) is 7.88. The summed E-state index contributed by atoms with van der Waals surface area (Å²) in [5.74, 6) is 0.929. The predicted molar refractivity (Wildman–Crippen MR) is 117 cm³/mol. The molecular formula is C23H28ClN3O2. The lowest BCUT2D eigenvalue weighted by Crippen LogP contribution is -2.29. The molecule has 0 unspecified atom stereocenters. The number of halogens is 1. The van der Waals surface area contributed by atoms with Crippen LogP contribution in [0.3, 0.4) is 0 Å². The molecule has 154 valence electrons. The molecule has 2 amide bonds. The standard InChI is InChI=1S/C23H27N3O2.ClH/c24-13-19-14-26(15-20(19)17-6-2-1-3-7-17)23(28)8-4-5-16-9-10-21-18(11-16)12-22(27)25-21;/h1-3,6-7,9-11,19-20H,4-5,8,12-15,24H2,(H,25,27);1H/t19-,20+;/m1./s1. The topological polar surface area (TPSA) is 75.4 Å². The van der Waals surface area contributed by atoms with Gasteiger partial charge in [0.15, 0.2) is 0 Å². The number of nitrogens with two attached hydrogens (primary N) is 1. The molecule has 2 aliphatic heterocycles. The number of hydrogen-bond acceptors (Lipinski definition) is 3. The Labute approximate surface area is 178 Å². The van der Waals surface area contributed by atoms with Crippen LogP contribution in [0.5, 0.6) is 0 Å². The van der Waals surface area contributed by atoms with E-state index in [0.29, 0.717) is 31.2 Å². The number of hydrogen-bond donors (Lipinski definition) is 2. The second kappa shape index (κ2) is 9.42. The molecule has 0 radical (unpaired) electrons. The van der Waals surface area contributed by atoms with E-state index in [1.807, 2.05) is 35.2 Å². The molecule has 0 bridgehead atoms. The first-order chi connectivity index (χ1) is 13.6. The molecular weight excluding hydrogens is 386 g/mol. The van der Waals surface area contributed by atoms with Crippen LogP contribution in [0, 0.1) is 5.92 Å². The molecule has 2 aromatic rings. The van der Waals surface area contributed by atoms with Crippen LogP contribution >= 0.6 is 12.4 Å². The van der Waals surface area contributed by atoms with Gasteiger partial charge in [0.1, 0.15) is 0 Å². The average molecular weight is 414 g/mol. The van der Waals surface area contributed by atoms with Crippen LogP contribution in [-0.4, -0.2) is 36.3 Å². The molecule has 0 aliphatic carbocycles. The van der Waals surface area contributed by atoms with Gasteiger partial charge in [-0.2, -0.15) is 0 Å². The number of nitrogens with zero attached hydrogens (tertiary/aromatic N) is 1. The Morgan fingerprint density at radius 2 is 1.93 bits per heavy atom. The van der Waals surface area contributed by atoms with E-state index in [1.165, 1.54) is 11.1 Å². The molecule has 0 aromatic heterocycles. The Kier molecular flexibility index (Phi) is 6.93. The van der Waals surface area contributed by atoms with Crippen LogP contribution in [-0.2, 0) is 22.4 Å². The second-order valence-corrected chi connectivity index (χ2v) is 7.88. The van der Waals surface area contributed by atoms with Gasteiger partial charge in [-0.1, -0.05) is 42.5 Å². The van der Waals surface area contributed by atoms with E-state index in [1.54, 1.807) is 0 Å². The Morgan fingerprint density at radius 1 is 1.14 bits per heavy atom. The maximum absolute atomic E-state index is 12.7. The lowest BCUT2D eigenvalue weighted by molar-refractivity contribution is -0.130. The smallest absolute Gasteiger partial charge is 0.228 e. The summed E-state index contributed by atoms with van der Waals surface area (Å²) in [6, 6.07) is 16.5. The Morgan fingerprint density at radius 3 is 2.69 bits per heavy atom. The number of amides is 2. The van der Waals surface area contributed by atoms with E-state index in [-0.39, 0.29) is 24.2 Å². The number of anilines is 1. The summed E-state index contributed by atoms with van der Waals surface area (Å²) >= 11 is 0. The Balaban J connectivity index is 0.00000240. The van der Waals surface area contributed by atoms with E-state index in [0.717, 1.165) is 37.2 Å². The fourth-order valence-corrected chi connectivity index (χ4v) is 4.43. The molecule has 2 heterocycles. The fourth-order valence-electron chi connectivity index (χ4n) is 4.43. The summed E-state index contributed by atoms with van der Waals surface area (Å²) in [7, 11) is 0. The Hall–Kier alpha value is -2.37. The third-order valence-electron chi connectivity index (χ3n) is 5.98. The summed E-state index contributed by atoms with van der Waals surface area (Å²) in [5, 5.41) is 2.85. The minimum absolute atomic E-state index is 0. The minimum atomic E-state index is 0. The number of fused-ring (bicyclic) bond motifs is 1. The zero-order valence-corrected chi connectivity index (χ0v) is 17.3. The van der Waals surface area contributed by atoms with E-state index in [9.17, 15) is 9.59 Å². The quantitative estimate of drug-likeness (QED) is 0.763. The molecule has 1 fully saturated rings. The molecule has 2 aliphatic rings. The van der Waals surface area contributed by atoms with E-state index in [2.05, 4.69) is 23.5 Å². The number of likely N-dealkylation sites (tertiary alicyclic amines) is 1. The van der Waals surface area contributed by atoms with Crippen molar-refractivity contribution in [2.45, 2.75) is 31.6 Å². The molecule has 1 saturated heterocycles. The lowest BCUT2D eigenvalue weighted by Gasteiger charge is -2.17. The van der Waals surface area contributed by atoms with Gasteiger partial charge in [0.2, 0.25) is 11.8 Å². The summed E-state index contributed by atoms with van der Waals surface area (Å²) in [4.78, 5) is 26.2. The first-order valence-electron chi connectivity index (χ1n) is 10.1. The molecule has 2 aromatic carbocycles. The zero-order chi connectivity index (χ0) is 19.5. The lowest BCUT2D eigenvalue weighted by atomic mass is 9.89. The van der Waals surface area contributed by atoms with Crippen molar-refractivity contribution in [1.82, 2.24) is 4.90 Å². The van der Waals surface area contributed by atoms with E-state index >= 15 is 0 Å². The minimum Gasteiger partial charge on any atom is -0.342 e. The number of rotatable bonds is 6. The highest BCUT2D eigenvalue weighted by Gasteiger charge is 2.34. The van der Waals surface area contributed by atoms with Gasteiger partial charge >= 0.3 is 0 Å². The van der Waals surface area contributed by atoms with Crippen molar-refractivity contribution in [3.05, 3.63) is 65.2 Å². The third-order valence-corrected chi connectivity index (χ3v) is 5.98. The number of carbonyl (C=O) groups is 2. The number of carbonyl (C=O) groups excluding carboxylic acids is 2. The maximum Gasteiger partial charge on any atom is 0.228 e. The van der Waals surface area contributed by atoms with Crippen LogP contribution in [0.4, 0.5) is 5.69 Å². The first-order valence-corrected chi connectivity index (χ1v) is 10.1. The van der Waals surface area contributed by atoms with Gasteiger partial charge in [-0.05, 0) is 48.1 Å². The summed E-state index contributed by atoms with van der Waals surface area (Å²) in [6.07, 6.45) is 2.67. The van der Waals surface area contributed by atoms with Crippen molar-refractivity contribution < 1.29 is 9.59 Å². The van der Waals surface area contributed by atoms with Crippen LogP contribution in [0.25, 0.3) is 0 Å². The molecule has 5 nitrogen and oxygen atoms in total. The van der Waals surface area contributed by atoms with Crippen LogP contribution in [0.1, 0.15) is 35.4 Å². The van der Waals surface area contributed by atoms with Gasteiger partial charge in [-0.3, -0.25) is 9.59 Å². The average Bonchev–Trinajstić information content (AvgIpc) is 3.31. The molecule has 2 atom stereocenters. The summed E-state index contributed by atoms with van der Waals surface area (Å²) in [5.41, 5.74) is 10.4. The Bertz CT molecular complexity index is 872. The monoisotopic (exact) mass is 413 g/mol. The SMILES string of the molecule is Cl.NC[C@@H]1CN(C(=O)CCCc2ccc3c(c2)CC(=O)N3)C[C@H]1c1ccccc1. The summed E-state index contributed by atoms with van der Waals surface area (Å²) < 4.78 is 0. The van der Waals surface area contributed by atoms with Crippen molar-refractivity contribution in [2.75, 3.05) is 25.0 Å². The zero-order valence-electron chi connectivity index (χ0n) is 16.5. The molecule has 0 saturated carbocycles. The molecule has 0 spiro atoms. The van der Waals surface area contributed by atoms with Gasteiger partial charge in [-0.15, -0.1) is 12.4 Å². The van der Waals surface area contributed by atoms with Crippen LogP contribution in [0.2, 0.25) is 0 Å². The first kappa shape index (κ1) is 21.3. The van der Waals surface area contributed by atoms with E-state index in [4.69, 9.17) is 5.73 Å². The number of benzene rings is 2. The number of nitrogens with one attached hydrogen (secondary N) is 1. The number of aryl methyl sites for hydroxylation is 1. The highest BCUT2D eigenvalue weighted by atomic mass is 35.5. The van der Waals surface area contributed by atoms with Crippen LogP contribution < -0.4 is 11.1 Å². The van der Waals surface area contributed by atoms with Crippen molar-refractivity contribution in [3.63, 3.8) is 0 Å². The van der Waals surface area contributed by atoms with Crippen LogP contribution in [0.15, 0.2) is 48.5 Å². The molecule has 6 heteroatoms. The third kappa shape index (κ3) is 4.80. The normalized spacial score (nSPS) is 20.2. The molecule has 4 rings (SSSR count). The van der Waals surface area contributed by atoms with Gasteiger partial charge in [0, 0.05) is 31.1 Å². The van der Waals surface area contributed by atoms with Crippen molar-refractivity contribution >= 4 is 29.9 Å². The van der Waals surface area contributed by atoms with Crippen molar-refractivity contribution in [2.24, 2.45) is 11.7 Å². The summed E-state index contributed by atoms with van der Waals surface area (Å²) in [6.45, 7) is 2.12. The van der Waals surface area contributed by atoms with Gasteiger partial charge < -0.3 is 16.0 Å². The fraction of sp³-hybridized carbons (Fsp3) is 0.391. The molecule has 29 heavy (non-hydrogen) atoms. The predicted octanol–water partition coefficient (Wildman–Crippen LogP) is 3.13.